The van der Waals surface area contributed by atoms with Crippen molar-refractivity contribution in [3.05, 3.63) is 35.9 Å². The molecular weight excluding hydrogens is 244 g/mol. The van der Waals surface area contributed by atoms with Gasteiger partial charge in [-0.15, -0.1) is 0 Å². The molecule has 0 saturated carbocycles. The molecule has 0 bridgehead atoms. The van der Waals surface area contributed by atoms with Gasteiger partial charge in [-0.05, 0) is 5.56 Å². The Morgan fingerprint density at radius 2 is 2.00 bits per heavy atom. The van der Waals surface area contributed by atoms with Gasteiger partial charge in [0, 0.05) is 12.8 Å². The molecule has 1 aromatic rings. The van der Waals surface area contributed by atoms with E-state index < -0.39 is 30.8 Å². The van der Waals surface area contributed by atoms with Gasteiger partial charge in [-0.3, -0.25) is 0 Å². The summed E-state index contributed by atoms with van der Waals surface area (Å²) in [4.78, 5) is 23.4. The molecule has 1 aromatic carbocycles. The van der Waals surface area contributed by atoms with Crippen molar-refractivity contribution in [1.82, 2.24) is 0 Å². The van der Waals surface area contributed by atoms with E-state index in [4.69, 9.17) is 5.11 Å². The van der Waals surface area contributed by atoms with Crippen LogP contribution in [0.1, 0.15) is 12.0 Å². The first kappa shape index (κ1) is 14.0. The number of hydrogen-bond donors (Lipinski definition) is 1. The first-order chi connectivity index (χ1) is 8.44. The lowest BCUT2D eigenvalue weighted by Crippen LogP contribution is -2.30. The molecule has 0 aliphatic rings. The quantitative estimate of drug-likeness (QED) is 0.624. The monoisotopic (exact) mass is 255 g/mol. The molecule has 0 unspecified atom stereocenters. The number of isocyanates is 1. The molecular formula is C12H11F2NO3. The van der Waals surface area contributed by atoms with Gasteiger partial charge in [0.15, 0.2) is 6.04 Å². The van der Waals surface area contributed by atoms with Gasteiger partial charge < -0.3 is 5.11 Å². The Kier molecular flexibility index (Phi) is 4.68. The predicted molar refractivity (Wildman–Crippen MR) is 59.3 cm³/mol. The third-order valence-electron chi connectivity index (χ3n) is 2.29. The zero-order chi connectivity index (χ0) is 13.6. The first-order valence-electron chi connectivity index (χ1n) is 5.16. The van der Waals surface area contributed by atoms with Crippen molar-refractivity contribution >= 4 is 12.0 Å². The molecule has 0 aliphatic heterocycles. The fourth-order valence-electron chi connectivity index (χ4n) is 1.50. The molecule has 96 valence electrons. The van der Waals surface area contributed by atoms with Crippen molar-refractivity contribution < 1.29 is 23.5 Å². The Hall–Kier alpha value is -2.07. The number of benzene rings is 1. The minimum absolute atomic E-state index is 0.390. The van der Waals surface area contributed by atoms with E-state index in [0.29, 0.717) is 5.56 Å². The van der Waals surface area contributed by atoms with Crippen LogP contribution in [0.25, 0.3) is 0 Å². The number of nitrogens with zero attached hydrogens (tertiary/aromatic N) is 1. The maximum atomic E-state index is 13.6. The Morgan fingerprint density at radius 1 is 1.39 bits per heavy atom. The van der Waals surface area contributed by atoms with Crippen LogP contribution in [-0.4, -0.2) is 29.1 Å². The molecule has 0 radical (unpaired) electrons. The van der Waals surface area contributed by atoms with Crippen molar-refractivity contribution in [2.45, 2.75) is 24.8 Å². The molecule has 6 heteroatoms. The Balaban J connectivity index is 2.74. The van der Waals surface area contributed by atoms with Gasteiger partial charge in [-0.2, -0.15) is 4.99 Å². The number of rotatable bonds is 6. The molecule has 1 rings (SSSR count). The second-order valence-electron chi connectivity index (χ2n) is 3.80. The average molecular weight is 255 g/mol. The van der Waals surface area contributed by atoms with E-state index in [0.717, 1.165) is 6.08 Å². The summed E-state index contributed by atoms with van der Waals surface area (Å²) in [5, 5.41) is 8.63. The van der Waals surface area contributed by atoms with Crippen LogP contribution in [0.2, 0.25) is 0 Å². The lowest BCUT2D eigenvalue weighted by atomic mass is 10.0. The molecule has 1 atom stereocenters. The number of carboxylic acid groups (broad SMARTS) is 1. The first-order valence-corrected chi connectivity index (χ1v) is 5.16. The summed E-state index contributed by atoms with van der Waals surface area (Å²) >= 11 is 0. The number of carboxylic acids is 1. The summed E-state index contributed by atoms with van der Waals surface area (Å²) in [7, 11) is 0. The third-order valence-corrected chi connectivity index (χ3v) is 2.29. The van der Waals surface area contributed by atoms with E-state index in [2.05, 4.69) is 4.99 Å². The van der Waals surface area contributed by atoms with Gasteiger partial charge in [0.05, 0.1) is 0 Å². The van der Waals surface area contributed by atoms with Crippen LogP contribution in [0.15, 0.2) is 35.3 Å². The second-order valence-corrected chi connectivity index (χ2v) is 3.80. The van der Waals surface area contributed by atoms with Crippen molar-refractivity contribution in [2.24, 2.45) is 4.99 Å². The van der Waals surface area contributed by atoms with Crippen molar-refractivity contribution in [3.63, 3.8) is 0 Å². The smallest absolute Gasteiger partial charge is 0.329 e. The van der Waals surface area contributed by atoms with Crippen LogP contribution in [0, 0.1) is 0 Å². The normalized spacial score (nSPS) is 12.6. The van der Waals surface area contributed by atoms with Gasteiger partial charge in [-0.1, -0.05) is 30.3 Å². The number of aliphatic imine (C=N–C) groups is 1. The fourth-order valence-corrected chi connectivity index (χ4v) is 1.50. The van der Waals surface area contributed by atoms with Gasteiger partial charge >= 0.3 is 5.97 Å². The minimum Gasteiger partial charge on any atom is -0.480 e. The number of aliphatic carboxylic acids is 1. The molecule has 1 N–H and O–H groups in total. The summed E-state index contributed by atoms with van der Waals surface area (Å²) in [6.45, 7) is 0. The molecule has 0 fully saturated rings. The maximum absolute atomic E-state index is 13.6. The SMILES string of the molecule is O=C=N[C@@H](CC(F)(F)Cc1ccccc1)C(=O)O. The maximum Gasteiger partial charge on any atom is 0.329 e. The van der Waals surface area contributed by atoms with Gasteiger partial charge in [0.1, 0.15) is 0 Å². The van der Waals surface area contributed by atoms with Crippen LogP contribution >= 0.6 is 0 Å². The number of halogens is 2. The molecule has 18 heavy (non-hydrogen) atoms. The molecule has 0 aliphatic carbocycles. The van der Waals surface area contributed by atoms with E-state index in [-0.39, 0.29) is 0 Å². The summed E-state index contributed by atoms with van der Waals surface area (Å²) in [6.07, 6.45) is -0.616. The summed E-state index contributed by atoms with van der Waals surface area (Å²) < 4.78 is 27.2. The molecule has 0 spiro atoms. The second kappa shape index (κ2) is 6.02. The standard InChI is InChI=1S/C12H11F2NO3/c13-12(14,6-9-4-2-1-3-5-9)7-10(11(17)18)15-8-16/h1-5,10H,6-7H2,(H,17,18)/t10-/m0/s1. The van der Waals surface area contributed by atoms with Gasteiger partial charge in [0.25, 0.3) is 5.92 Å². The summed E-state index contributed by atoms with van der Waals surface area (Å²) in [5.74, 6) is -4.81. The number of carbonyl (C=O) groups excluding carboxylic acids is 1. The highest BCUT2D eigenvalue weighted by Crippen LogP contribution is 2.26. The lowest BCUT2D eigenvalue weighted by Gasteiger charge is -2.17. The van der Waals surface area contributed by atoms with E-state index in [9.17, 15) is 18.4 Å². The van der Waals surface area contributed by atoms with Crippen LogP contribution in [0.4, 0.5) is 8.78 Å². The van der Waals surface area contributed by atoms with Crippen molar-refractivity contribution in [2.75, 3.05) is 0 Å². The molecule has 0 saturated heterocycles. The van der Waals surface area contributed by atoms with E-state index in [1.807, 2.05) is 0 Å². The lowest BCUT2D eigenvalue weighted by molar-refractivity contribution is -0.141. The van der Waals surface area contributed by atoms with Crippen LogP contribution in [-0.2, 0) is 16.0 Å². The summed E-state index contributed by atoms with van der Waals surface area (Å²) in [5.41, 5.74) is 0.390. The molecule has 4 nitrogen and oxygen atoms in total. The number of hydrogen-bond acceptors (Lipinski definition) is 3. The zero-order valence-corrected chi connectivity index (χ0v) is 9.35. The van der Waals surface area contributed by atoms with Gasteiger partial charge in [-0.25, -0.2) is 18.4 Å². The van der Waals surface area contributed by atoms with Crippen LogP contribution in [0.3, 0.4) is 0 Å². The highest BCUT2D eigenvalue weighted by Gasteiger charge is 2.35. The Labute approximate surface area is 102 Å². The number of alkyl halides is 2. The fraction of sp³-hybridized carbons (Fsp3) is 0.333. The highest BCUT2D eigenvalue weighted by molar-refractivity contribution is 5.74. The Bertz CT molecular complexity index is 454. The Morgan fingerprint density at radius 3 is 2.50 bits per heavy atom. The summed E-state index contributed by atoms with van der Waals surface area (Å²) in [6, 6.07) is 6.20. The van der Waals surface area contributed by atoms with Crippen molar-refractivity contribution in [3.8, 4) is 0 Å². The number of carbonyl (C=O) groups is 1. The molecule has 0 heterocycles. The predicted octanol–water partition coefficient (Wildman–Crippen LogP) is 2.04. The highest BCUT2D eigenvalue weighted by atomic mass is 19.3. The van der Waals surface area contributed by atoms with E-state index in [1.54, 1.807) is 18.2 Å². The van der Waals surface area contributed by atoms with Crippen molar-refractivity contribution in [1.29, 1.82) is 0 Å². The average Bonchev–Trinajstić information content (AvgIpc) is 2.28. The molecule has 0 amide bonds. The minimum atomic E-state index is -3.25. The van der Waals surface area contributed by atoms with Crippen LogP contribution in [0.5, 0.6) is 0 Å². The third kappa shape index (κ3) is 4.43. The van der Waals surface area contributed by atoms with Crippen LogP contribution < -0.4 is 0 Å². The molecule has 0 aromatic heterocycles. The van der Waals surface area contributed by atoms with E-state index in [1.165, 1.54) is 12.1 Å². The topological polar surface area (TPSA) is 66.7 Å². The largest absolute Gasteiger partial charge is 0.480 e. The zero-order valence-electron chi connectivity index (χ0n) is 9.35. The van der Waals surface area contributed by atoms with E-state index >= 15 is 0 Å². The van der Waals surface area contributed by atoms with Gasteiger partial charge in [0.2, 0.25) is 6.08 Å².